The second-order valence-electron chi connectivity index (χ2n) is 5.51. The maximum absolute atomic E-state index is 10.4. The highest BCUT2D eigenvalue weighted by molar-refractivity contribution is 5.37. The highest BCUT2D eigenvalue weighted by atomic mass is 16.4. The molecule has 2 heterocycles. The Morgan fingerprint density at radius 1 is 1.40 bits per heavy atom. The predicted octanol–water partition coefficient (Wildman–Crippen LogP) is 2.82. The van der Waals surface area contributed by atoms with Crippen molar-refractivity contribution in [1.29, 1.82) is 0 Å². The van der Waals surface area contributed by atoms with Crippen LogP contribution in [0.25, 0.3) is 0 Å². The number of nitrogens with one attached hydrogen (secondary N) is 1. The monoisotopic (exact) mass is 275 g/mol. The summed E-state index contributed by atoms with van der Waals surface area (Å²) in [4.78, 5) is 8.85. The van der Waals surface area contributed by atoms with Gasteiger partial charge in [-0.05, 0) is 26.0 Å². The maximum Gasteiger partial charge on any atom is 0.136 e. The lowest BCUT2D eigenvalue weighted by Crippen LogP contribution is -2.30. The van der Waals surface area contributed by atoms with Crippen molar-refractivity contribution < 1.29 is 9.52 Å². The number of aliphatic hydroxyl groups is 1. The second kappa shape index (κ2) is 5.63. The lowest BCUT2D eigenvalue weighted by Gasteiger charge is -2.21. The van der Waals surface area contributed by atoms with Crippen LogP contribution in [-0.2, 0) is 5.60 Å². The van der Waals surface area contributed by atoms with Crippen molar-refractivity contribution in [1.82, 2.24) is 9.97 Å². The van der Waals surface area contributed by atoms with Gasteiger partial charge in [-0.2, -0.15) is 0 Å². The van der Waals surface area contributed by atoms with Crippen LogP contribution in [-0.4, -0.2) is 21.6 Å². The van der Waals surface area contributed by atoms with Gasteiger partial charge in [0, 0.05) is 17.7 Å². The van der Waals surface area contributed by atoms with Gasteiger partial charge in [-0.15, -0.1) is 0 Å². The fraction of sp³-hybridized carbons (Fsp3) is 0.467. The smallest absolute Gasteiger partial charge is 0.136 e. The third-order valence-corrected chi connectivity index (χ3v) is 3.05. The quantitative estimate of drug-likeness (QED) is 0.878. The SMILES string of the molecule is Cc1cc(NCC(C)(O)c2ccco2)nc(C(C)C)n1. The molecule has 1 atom stereocenters. The molecule has 2 rings (SSSR count). The Hall–Kier alpha value is -1.88. The Bertz CT molecular complexity index is 563. The zero-order valence-corrected chi connectivity index (χ0v) is 12.3. The van der Waals surface area contributed by atoms with Crippen LogP contribution in [0.2, 0.25) is 0 Å². The molecule has 2 aromatic rings. The van der Waals surface area contributed by atoms with Crippen molar-refractivity contribution in [2.45, 2.75) is 39.2 Å². The van der Waals surface area contributed by atoms with Crippen molar-refractivity contribution >= 4 is 5.82 Å². The first-order chi connectivity index (χ1) is 9.38. The molecule has 20 heavy (non-hydrogen) atoms. The summed E-state index contributed by atoms with van der Waals surface area (Å²) in [6.07, 6.45) is 1.55. The van der Waals surface area contributed by atoms with E-state index in [2.05, 4.69) is 29.1 Å². The van der Waals surface area contributed by atoms with Crippen LogP contribution in [0.5, 0.6) is 0 Å². The number of hydrogen-bond donors (Lipinski definition) is 2. The van der Waals surface area contributed by atoms with Gasteiger partial charge in [-0.1, -0.05) is 13.8 Å². The van der Waals surface area contributed by atoms with Gasteiger partial charge >= 0.3 is 0 Å². The van der Waals surface area contributed by atoms with Crippen molar-refractivity contribution in [2.75, 3.05) is 11.9 Å². The topological polar surface area (TPSA) is 71.2 Å². The van der Waals surface area contributed by atoms with E-state index in [0.29, 0.717) is 18.1 Å². The standard InChI is InChI=1S/C15H21N3O2/c1-10(2)14-17-11(3)8-13(18-14)16-9-15(4,19)12-6-5-7-20-12/h5-8,10,19H,9H2,1-4H3,(H,16,17,18). The van der Waals surface area contributed by atoms with Gasteiger partial charge < -0.3 is 14.8 Å². The Kier molecular flexibility index (Phi) is 4.09. The molecule has 0 saturated carbocycles. The minimum absolute atomic E-state index is 0.265. The van der Waals surface area contributed by atoms with E-state index in [1.807, 2.05) is 13.0 Å². The fourth-order valence-corrected chi connectivity index (χ4v) is 1.88. The van der Waals surface area contributed by atoms with Gasteiger partial charge in [-0.25, -0.2) is 9.97 Å². The average Bonchev–Trinajstić information content (AvgIpc) is 2.90. The highest BCUT2D eigenvalue weighted by Gasteiger charge is 2.26. The van der Waals surface area contributed by atoms with Gasteiger partial charge in [0.25, 0.3) is 0 Å². The lowest BCUT2D eigenvalue weighted by atomic mass is 10.0. The van der Waals surface area contributed by atoms with Crippen LogP contribution in [0.3, 0.4) is 0 Å². The first-order valence-electron chi connectivity index (χ1n) is 6.74. The second-order valence-corrected chi connectivity index (χ2v) is 5.51. The number of aryl methyl sites for hydroxylation is 1. The zero-order chi connectivity index (χ0) is 14.8. The van der Waals surface area contributed by atoms with Gasteiger partial charge in [0.1, 0.15) is 23.0 Å². The number of furan rings is 1. The van der Waals surface area contributed by atoms with Gasteiger partial charge in [0.15, 0.2) is 0 Å². The number of nitrogens with zero attached hydrogens (tertiary/aromatic N) is 2. The van der Waals surface area contributed by atoms with E-state index in [1.165, 1.54) is 0 Å². The van der Waals surface area contributed by atoms with E-state index in [9.17, 15) is 5.11 Å². The summed E-state index contributed by atoms with van der Waals surface area (Å²) in [5.74, 6) is 2.30. The summed E-state index contributed by atoms with van der Waals surface area (Å²) < 4.78 is 5.25. The molecular weight excluding hydrogens is 254 g/mol. The lowest BCUT2D eigenvalue weighted by molar-refractivity contribution is 0.0476. The Balaban J connectivity index is 2.11. The molecule has 5 nitrogen and oxygen atoms in total. The van der Waals surface area contributed by atoms with Gasteiger partial charge in [0.05, 0.1) is 12.8 Å². The zero-order valence-electron chi connectivity index (χ0n) is 12.3. The largest absolute Gasteiger partial charge is 0.466 e. The van der Waals surface area contributed by atoms with E-state index in [-0.39, 0.29) is 5.92 Å². The van der Waals surface area contributed by atoms with Crippen LogP contribution in [0, 0.1) is 6.92 Å². The Morgan fingerprint density at radius 3 is 2.75 bits per heavy atom. The molecule has 0 aliphatic rings. The van der Waals surface area contributed by atoms with E-state index >= 15 is 0 Å². The molecule has 1 unspecified atom stereocenters. The van der Waals surface area contributed by atoms with Crippen LogP contribution < -0.4 is 5.32 Å². The van der Waals surface area contributed by atoms with Gasteiger partial charge in [0.2, 0.25) is 0 Å². The minimum atomic E-state index is -1.08. The molecule has 0 radical (unpaired) electrons. The number of aromatic nitrogens is 2. The van der Waals surface area contributed by atoms with E-state index in [0.717, 1.165) is 11.5 Å². The minimum Gasteiger partial charge on any atom is -0.466 e. The summed E-state index contributed by atoms with van der Waals surface area (Å²) in [6, 6.07) is 5.38. The molecular formula is C15H21N3O2. The third kappa shape index (κ3) is 3.36. The van der Waals surface area contributed by atoms with Gasteiger partial charge in [-0.3, -0.25) is 0 Å². The molecule has 0 aromatic carbocycles. The normalized spacial score (nSPS) is 14.3. The molecule has 0 spiro atoms. The molecule has 0 bridgehead atoms. The average molecular weight is 275 g/mol. The maximum atomic E-state index is 10.4. The molecule has 0 aliphatic carbocycles. The molecule has 0 aliphatic heterocycles. The molecule has 2 aromatic heterocycles. The van der Waals surface area contributed by atoms with Crippen molar-refractivity contribution in [3.63, 3.8) is 0 Å². The van der Waals surface area contributed by atoms with Crippen molar-refractivity contribution in [2.24, 2.45) is 0 Å². The summed E-state index contributed by atoms with van der Waals surface area (Å²) in [7, 11) is 0. The Labute approximate surface area is 119 Å². The summed E-state index contributed by atoms with van der Waals surface area (Å²) in [5, 5.41) is 13.5. The summed E-state index contributed by atoms with van der Waals surface area (Å²) in [5.41, 5.74) is -0.177. The van der Waals surface area contributed by atoms with Crippen molar-refractivity contribution in [3.8, 4) is 0 Å². The first kappa shape index (κ1) is 14.5. The van der Waals surface area contributed by atoms with Crippen LogP contribution >= 0.6 is 0 Å². The Morgan fingerprint density at radius 2 is 2.15 bits per heavy atom. The fourth-order valence-electron chi connectivity index (χ4n) is 1.88. The number of rotatable bonds is 5. The highest BCUT2D eigenvalue weighted by Crippen LogP contribution is 2.22. The van der Waals surface area contributed by atoms with E-state index in [1.54, 1.807) is 25.3 Å². The number of hydrogen-bond acceptors (Lipinski definition) is 5. The van der Waals surface area contributed by atoms with Crippen molar-refractivity contribution in [3.05, 3.63) is 41.7 Å². The summed E-state index contributed by atoms with van der Waals surface area (Å²) in [6.45, 7) is 8.06. The van der Waals surface area contributed by atoms with E-state index in [4.69, 9.17) is 4.42 Å². The molecule has 5 heteroatoms. The predicted molar refractivity (Wildman–Crippen MR) is 77.6 cm³/mol. The molecule has 0 saturated heterocycles. The van der Waals surface area contributed by atoms with Crippen LogP contribution in [0.4, 0.5) is 5.82 Å². The third-order valence-electron chi connectivity index (χ3n) is 3.05. The first-order valence-corrected chi connectivity index (χ1v) is 6.74. The summed E-state index contributed by atoms with van der Waals surface area (Å²) >= 11 is 0. The molecule has 108 valence electrons. The van der Waals surface area contributed by atoms with Crippen LogP contribution in [0.15, 0.2) is 28.9 Å². The number of anilines is 1. The molecule has 0 amide bonds. The molecule has 0 fully saturated rings. The van der Waals surface area contributed by atoms with Crippen LogP contribution in [0.1, 0.15) is 44.0 Å². The van der Waals surface area contributed by atoms with E-state index < -0.39 is 5.60 Å². The molecule has 2 N–H and O–H groups in total.